The maximum Gasteiger partial charge on any atom is 0.290 e. The van der Waals surface area contributed by atoms with E-state index in [1.165, 1.54) is 11.3 Å². The van der Waals surface area contributed by atoms with Crippen LogP contribution >= 0.6 is 11.3 Å². The molecule has 0 bridgehead atoms. The zero-order valence-corrected chi connectivity index (χ0v) is 19.6. The fourth-order valence-corrected chi connectivity index (χ4v) is 4.51. The molecule has 1 fully saturated rings. The fraction of sp³-hybridized carbons (Fsp3) is 0.435. The van der Waals surface area contributed by atoms with E-state index in [0.717, 1.165) is 10.1 Å². The molecule has 0 saturated carbocycles. The summed E-state index contributed by atoms with van der Waals surface area (Å²) in [5.74, 6) is -3.37. The van der Waals surface area contributed by atoms with Gasteiger partial charge >= 0.3 is 0 Å². The first-order valence-corrected chi connectivity index (χ1v) is 11.6. The Balaban J connectivity index is 1.62. The van der Waals surface area contributed by atoms with Crippen LogP contribution in [-0.2, 0) is 19.2 Å². The van der Waals surface area contributed by atoms with Gasteiger partial charge in [-0.25, -0.2) is 0 Å². The van der Waals surface area contributed by atoms with Gasteiger partial charge in [0.15, 0.2) is 0 Å². The van der Waals surface area contributed by atoms with E-state index < -0.39 is 41.0 Å². The Kier molecular flexibility index (Phi) is 7.47. The SMILES string of the molecule is CC(C)(C)NC(=O)C(=O)C(CC1CCNC1=O)NC(=O)CNC(=O)c1cc2ccccc2s1. The number of carbonyl (C=O) groups excluding carboxylic acids is 5. The summed E-state index contributed by atoms with van der Waals surface area (Å²) in [7, 11) is 0. The fourth-order valence-electron chi connectivity index (χ4n) is 3.53. The molecule has 2 aromatic rings. The smallest absolute Gasteiger partial charge is 0.290 e. The highest BCUT2D eigenvalue weighted by atomic mass is 32.1. The van der Waals surface area contributed by atoms with Gasteiger partial charge in [0.05, 0.1) is 17.5 Å². The highest BCUT2D eigenvalue weighted by molar-refractivity contribution is 7.20. The lowest BCUT2D eigenvalue weighted by atomic mass is 9.95. The summed E-state index contributed by atoms with van der Waals surface area (Å²) in [5.41, 5.74) is -0.635. The summed E-state index contributed by atoms with van der Waals surface area (Å²) in [6.07, 6.45) is 0.528. The van der Waals surface area contributed by atoms with Crippen molar-refractivity contribution in [1.82, 2.24) is 21.3 Å². The van der Waals surface area contributed by atoms with Gasteiger partial charge < -0.3 is 21.3 Å². The predicted molar refractivity (Wildman–Crippen MR) is 125 cm³/mol. The Morgan fingerprint density at radius 1 is 1.18 bits per heavy atom. The summed E-state index contributed by atoms with van der Waals surface area (Å²) in [6.45, 7) is 5.32. The highest BCUT2D eigenvalue weighted by Gasteiger charge is 2.35. The lowest BCUT2D eigenvalue weighted by molar-refractivity contribution is -0.141. The first kappa shape index (κ1) is 24.4. The minimum Gasteiger partial charge on any atom is -0.356 e. The zero-order valence-electron chi connectivity index (χ0n) is 18.8. The van der Waals surface area contributed by atoms with Crippen LogP contribution in [0.3, 0.4) is 0 Å². The third-order valence-corrected chi connectivity index (χ3v) is 6.22. The average molecular weight is 473 g/mol. The van der Waals surface area contributed by atoms with E-state index in [1.54, 1.807) is 26.8 Å². The topological polar surface area (TPSA) is 133 Å². The van der Waals surface area contributed by atoms with Crippen LogP contribution < -0.4 is 21.3 Å². The van der Waals surface area contributed by atoms with Crippen molar-refractivity contribution in [3.63, 3.8) is 0 Å². The molecule has 4 N–H and O–H groups in total. The molecule has 2 unspecified atom stereocenters. The molecule has 0 spiro atoms. The zero-order chi connectivity index (χ0) is 24.2. The van der Waals surface area contributed by atoms with Gasteiger partial charge in [0.2, 0.25) is 17.6 Å². The molecule has 2 atom stereocenters. The molecule has 0 aliphatic carbocycles. The van der Waals surface area contributed by atoms with E-state index in [2.05, 4.69) is 21.3 Å². The lowest BCUT2D eigenvalue weighted by Gasteiger charge is -2.23. The number of thiophene rings is 1. The van der Waals surface area contributed by atoms with Gasteiger partial charge in [0.25, 0.3) is 11.8 Å². The summed E-state index contributed by atoms with van der Waals surface area (Å²) in [5, 5.41) is 11.3. The van der Waals surface area contributed by atoms with E-state index in [-0.39, 0.29) is 18.9 Å². The molecule has 2 heterocycles. The Hall–Kier alpha value is -3.27. The van der Waals surface area contributed by atoms with Crippen LogP contribution in [0.5, 0.6) is 0 Å². The second-order valence-electron chi connectivity index (χ2n) is 9.03. The van der Waals surface area contributed by atoms with Gasteiger partial charge in [0.1, 0.15) is 0 Å². The monoisotopic (exact) mass is 472 g/mol. The van der Waals surface area contributed by atoms with Gasteiger partial charge in [-0.05, 0) is 51.1 Å². The van der Waals surface area contributed by atoms with Crippen LogP contribution in [-0.4, -0.2) is 54.1 Å². The maximum atomic E-state index is 12.8. The van der Waals surface area contributed by atoms with Gasteiger partial charge in [0, 0.05) is 22.7 Å². The number of ketones is 1. The van der Waals surface area contributed by atoms with Crippen LogP contribution in [0.2, 0.25) is 0 Å². The molecule has 1 saturated heterocycles. The number of nitrogens with one attached hydrogen (secondary N) is 4. The predicted octanol–water partition coefficient (Wildman–Crippen LogP) is 1.13. The molecule has 1 aromatic heterocycles. The van der Waals surface area contributed by atoms with Crippen LogP contribution in [0, 0.1) is 5.92 Å². The van der Waals surface area contributed by atoms with Crippen LogP contribution in [0.15, 0.2) is 30.3 Å². The molecule has 1 aliphatic rings. The quantitative estimate of drug-likeness (QED) is 0.428. The van der Waals surface area contributed by atoms with Crippen molar-refractivity contribution in [1.29, 1.82) is 0 Å². The van der Waals surface area contributed by atoms with E-state index in [0.29, 0.717) is 17.8 Å². The normalized spacial score (nSPS) is 16.7. The summed E-state index contributed by atoms with van der Waals surface area (Å²) >= 11 is 1.31. The molecule has 33 heavy (non-hydrogen) atoms. The number of carbonyl (C=O) groups is 5. The molecular formula is C23H28N4O5S. The molecule has 176 valence electrons. The third-order valence-electron chi connectivity index (χ3n) is 5.11. The van der Waals surface area contributed by atoms with E-state index >= 15 is 0 Å². The van der Waals surface area contributed by atoms with E-state index in [1.807, 2.05) is 24.3 Å². The van der Waals surface area contributed by atoms with Crippen molar-refractivity contribution in [3.8, 4) is 0 Å². The Bertz CT molecular complexity index is 1050. The third kappa shape index (κ3) is 6.61. The van der Waals surface area contributed by atoms with Gasteiger partial charge in [-0.2, -0.15) is 0 Å². The van der Waals surface area contributed by atoms with Crippen molar-refractivity contribution < 1.29 is 24.0 Å². The van der Waals surface area contributed by atoms with Crippen molar-refractivity contribution in [2.45, 2.75) is 45.2 Å². The average Bonchev–Trinajstić information content (AvgIpc) is 3.35. The standard InChI is InChI=1S/C23H28N4O5S/c1-23(2,3)27-22(32)19(29)15(10-14-8-9-24-20(14)30)26-18(28)12-25-21(31)17-11-13-6-4-5-7-16(13)33-17/h4-7,11,14-15H,8-10,12H2,1-3H3,(H,24,30)(H,25,31)(H,26,28)(H,27,32). The number of Topliss-reactive ketones (excluding diaryl/α,β-unsaturated/α-hetero) is 1. The Morgan fingerprint density at radius 2 is 1.91 bits per heavy atom. The van der Waals surface area contributed by atoms with Crippen molar-refractivity contribution in [3.05, 3.63) is 35.2 Å². The summed E-state index contributed by atoms with van der Waals surface area (Å²) < 4.78 is 0.956. The molecule has 1 aromatic carbocycles. The molecule has 9 nitrogen and oxygen atoms in total. The molecule has 10 heteroatoms. The molecular weight excluding hydrogens is 444 g/mol. The number of benzene rings is 1. The number of fused-ring (bicyclic) bond motifs is 1. The Labute approximate surface area is 195 Å². The first-order valence-electron chi connectivity index (χ1n) is 10.7. The molecule has 0 radical (unpaired) electrons. The Morgan fingerprint density at radius 3 is 2.55 bits per heavy atom. The van der Waals surface area contributed by atoms with Crippen LogP contribution in [0.1, 0.15) is 43.3 Å². The van der Waals surface area contributed by atoms with E-state index in [4.69, 9.17) is 0 Å². The van der Waals surface area contributed by atoms with Gasteiger partial charge in [-0.3, -0.25) is 24.0 Å². The van der Waals surface area contributed by atoms with Crippen molar-refractivity contribution >= 4 is 50.8 Å². The minimum absolute atomic E-state index is 0.0121. The van der Waals surface area contributed by atoms with Crippen molar-refractivity contribution in [2.75, 3.05) is 13.1 Å². The van der Waals surface area contributed by atoms with Crippen molar-refractivity contribution in [2.24, 2.45) is 5.92 Å². The molecule has 4 amide bonds. The van der Waals surface area contributed by atoms with Crippen LogP contribution in [0.4, 0.5) is 0 Å². The molecule has 3 rings (SSSR count). The minimum atomic E-state index is -1.17. The first-order chi connectivity index (χ1) is 15.5. The van der Waals surface area contributed by atoms with Gasteiger partial charge in [-0.1, -0.05) is 18.2 Å². The van der Waals surface area contributed by atoms with Crippen LogP contribution in [0.25, 0.3) is 10.1 Å². The molecule has 1 aliphatic heterocycles. The lowest BCUT2D eigenvalue weighted by Crippen LogP contribution is -2.53. The highest BCUT2D eigenvalue weighted by Crippen LogP contribution is 2.25. The summed E-state index contributed by atoms with van der Waals surface area (Å²) in [6, 6.07) is 8.13. The number of rotatable bonds is 8. The number of amides is 4. The van der Waals surface area contributed by atoms with E-state index in [9.17, 15) is 24.0 Å². The summed E-state index contributed by atoms with van der Waals surface area (Å²) in [4.78, 5) is 62.6. The maximum absolute atomic E-state index is 12.8. The number of hydrogen-bond acceptors (Lipinski definition) is 6. The number of hydrogen-bond donors (Lipinski definition) is 4. The van der Waals surface area contributed by atoms with Gasteiger partial charge in [-0.15, -0.1) is 11.3 Å². The second-order valence-corrected chi connectivity index (χ2v) is 10.1. The second kappa shape index (κ2) is 10.1. The largest absolute Gasteiger partial charge is 0.356 e.